The Hall–Kier alpha value is -2.21. The van der Waals surface area contributed by atoms with Gasteiger partial charge in [-0.3, -0.25) is 14.4 Å². The lowest BCUT2D eigenvalue weighted by atomic mass is 10.0. The molecule has 0 aliphatic carbocycles. The van der Waals surface area contributed by atoms with Gasteiger partial charge in [0, 0.05) is 50.6 Å². The number of hydrogen-bond donors (Lipinski definition) is 1. The summed E-state index contributed by atoms with van der Waals surface area (Å²) in [6.07, 6.45) is 1.63. The molecule has 0 spiro atoms. The molecule has 11 heteroatoms. The second-order valence-corrected chi connectivity index (χ2v) is 11.7. The Balaban J connectivity index is 1.95. The topological polar surface area (TPSA) is 101 Å². The summed E-state index contributed by atoms with van der Waals surface area (Å²) in [5.74, 6) is 0.243. The Morgan fingerprint density at radius 2 is 2.06 bits per heavy atom. The van der Waals surface area contributed by atoms with Gasteiger partial charge in [-0.05, 0) is 38.0 Å². The van der Waals surface area contributed by atoms with Gasteiger partial charge in [0.1, 0.15) is 17.4 Å². The van der Waals surface area contributed by atoms with Crippen LogP contribution >= 0.6 is 11.3 Å². The molecule has 188 valence electrons. The van der Waals surface area contributed by atoms with Crippen molar-refractivity contribution in [2.45, 2.75) is 39.5 Å². The van der Waals surface area contributed by atoms with Gasteiger partial charge < -0.3 is 14.4 Å². The van der Waals surface area contributed by atoms with Crippen molar-refractivity contribution in [1.29, 1.82) is 0 Å². The number of amides is 1. The zero-order chi connectivity index (χ0) is 24.9. The fraction of sp³-hybridized carbons (Fsp3) is 0.565. The molecular weight excluding hydrogens is 476 g/mol. The SMILES string of the molecule is CCS(=O)(=O)Nc1ccc2c(c1)C(=O)N(C)C[C@H](OC)[C@H](C)CN(Cc1nccs1)[C@@H](C)CO2. The quantitative estimate of drug-likeness (QED) is 0.638. The van der Waals surface area contributed by atoms with Crippen LogP contribution in [0.1, 0.15) is 36.1 Å². The van der Waals surface area contributed by atoms with E-state index >= 15 is 0 Å². The summed E-state index contributed by atoms with van der Waals surface area (Å²) in [6, 6.07) is 4.84. The van der Waals surface area contributed by atoms with Gasteiger partial charge in [-0.15, -0.1) is 11.3 Å². The van der Waals surface area contributed by atoms with Crippen molar-refractivity contribution in [3.05, 3.63) is 40.3 Å². The molecule has 0 radical (unpaired) electrons. The first-order valence-corrected chi connectivity index (χ1v) is 13.8. The van der Waals surface area contributed by atoms with E-state index in [2.05, 4.69) is 28.5 Å². The number of carbonyl (C=O) groups excluding carboxylic acids is 1. The standard InChI is InChI=1S/C23H34N4O5S2/c1-6-34(29,30)25-18-7-8-20-19(11-18)23(28)26(4)13-21(31-5)16(2)12-27(17(3)15-32-20)14-22-24-9-10-33-22/h7-11,16-17,21,25H,6,12-15H2,1-5H3/t16-,17+,21+/m1/s1. The number of aromatic nitrogens is 1. The molecule has 0 unspecified atom stereocenters. The molecule has 9 nitrogen and oxygen atoms in total. The normalized spacial score (nSPS) is 22.9. The Kier molecular flexibility index (Phi) is 8.91. The van der Waals surface area contributed by atoms with Gasteiger partial charge in [0.15, 0.2) is 0 Å². The van der Waals surface area contributed by atoms with Gasteiger partial charge in [-0.25, -0.2) is 13.4 Å². The lowest BCUT2D eigenvalue weighted by Crippen LogP contribution is -2.46. The number of rotatable bonds is 6. The number of nitrogens with zero attached hydrogens (tertiary/aromatic N) is 3. The molecule has 0 bridgehead atoms. The summed E-state index contributed by atoms with van der Waals surface area (Å²) in [5.41, 5.74) is 0.633. The second-order valence-electron chi connectivity index (χ2n) is 8.67. The highest BCUT2D eigenvalue weighted by atomic mass is 32.2. The third-order valence-corrected chi connectivity index (χ3v) is 8.12. The van der Waals surface area contributed by atoms with Gasteiger partial charge in [-0.2, -0.15) is 0 Å². The Morgan fingerprint density at radius 1 is 1.29 bits per heavy atom. The zero-order valence-corrected chi connectivity index (χ0v) is 22.0. The van der Waals surface area contributed by atoms with Crippen molar-refractivity contribution in [1.82, 2.24) is 14.8 Å². The number of nitrogens with one attached hydrogen (secondary N) is 1. The molecular formula is C23H34N4O5S2. The number of anilines is 1. The molecule has 3 atom stereocenters. The average Bonchev–Trinajstić information content (AvgIpc) is 3.32. The number of benzene rings is 1. The van der Waals surface area contributed by atoms with E-state index in [1.807, 2.05) is 5.38 Å². The van der Waals surface area contributed by atoms with E-state index in [1.165, 1.54) is 6.07 Å². The number of thiazole rings is 1. The van der Waals surface area contributed by atoms with Crippen LogP contribution in [0.4, 0.5) is 5.69 Å². The molecule has 2 heterocycles. The maximum Gasteiger partial charge on any atom is 0.257 e. The molecule has 1 aromatic heterocycles. The van der Waals surface area contributed by atoms with Gasteiger partial charge in [0.2, 0.25) is 10.0 Å². The Labute approximate surface area is 206 Å². The lowest BCUT2D eigenvalue weighted by Gasteiger charge is -2.35. The van der Waals surface area contributed by atoms with Gasteiger partial charge in [0.05, 0.1) is 24.0 Å². The largest absolute Gasteiger partial charge is 0.491 e. The summed E-state index contributed by atoms with van der Waals surface area (Å²) in [5, 5.41) is 3.00. The Morgan fingerprint density at radius 3 is 2.71 bits per heavy atom. The summed E-state index contributed by atoms with van der Waals surface area (Å²) in [7, 11) is -0.0994. The molecule has 2 aromatic rings. The van der Waals surface area contributed by atoms with Crippen molar-refractivity contribution in [3.63, 3.8) is 0 Å². The highest BCUT2D eigenvalue weighted by molar-refractivity contribution is 7.92. The van der Waals surface area contributed by atoms with Crippen LogP contribution in [0, 0.1) is 5.92 Å². The first-order chi connectivity index (χ1) is 16.1. The minimum absolute atomic E-state index is 0.0437. The minimum atomic E-state index is -3.48. The summed E-state index contributed by atoms with van der Waals surface area (Å²) in [4.78, 5) is 21.7. The molecule has 0 saturated heterocycles. The van der Waals surface area contributed by atoms with Crippen molar-refractivity contribution in [2.75, 3.05) is 44.3 Å². The van der Waals surface area contributed by atoms with Crippen LogP contribution in [-0.2, 0) is 21.3 Å². The van der Waals surface area contributed by atoms with E-state index in [-0.39, 0.29) is 29.7 Å². The van der Waals surface area contributed by atoms with Crippen LogP contribution in [0.5, 0.6) is 5.75 Å². The van der Waals surface area contributed by atoms with E-state index in [0.29, 0.717) is 36.7 Å². The average molecular weight is 511 g/mol. The fourth-order valence-corrected chi connectivity index (χ4v) is 5.16. The maximum absolute atomic E-state index is 13.4. The van der Waals surface area contributed by atoms with Crippen LogP contribution < -0.4 is 9.46 Å². The molecule has 0 saturated carbocycles. The number of sulfonamides is 1. The first-order valence-electron chi connectivity index (χ1n) is 11.3. The number of hydrogen-bond acceptors (Lipinski definition) is 8. The van der Waals surface area contributed by atoms with E-state index in [1.54, 1.807) is 55.6 Å². The molecule has 0 fully saturated rings. The molecule has 1 amide bonds. The van der Waals surface area contributed by atoms with Crippen LogP contribution in [0.25, 0.3) is 0 Å². The summed E-state index contributed by atoms with van der Waals surface area (Å²) >= 11 is 1.62. The minimum Gasteiger partial charge on any atom is -0.491 e. The number of ether oxygens (including phenoxy) is 2. The van der Waals surface area contributed by atoms with Gasteiger partial charge >= 0.3 is 0 Å². The van der Waals surface area contributed by atoms with E-state index < -0.39 is 10.0 Å². The predicted molar refractivity (Wildman–Crippen MR) is 134 cm³/mol. The van der Waals surface area contributed by atoms with Crippen molar-refractivity contribution in [3.8, 4) is 5.75 Å². The maximum atomic E-state index is 13.4. The van der Waals surface area contributed by atoms with E-state index in [4.69, 9.17) is 9.47 Å². The molecule has 3 rings (SSSR count). The molecule has 34 heavy (non-hydrogen) atoms. The predicted octanol–water partition coefficient (Wildman–Crippen LogP) is 2.91. The second kappa shape index (κ2) is 11.5. The zero-order valence-electron chi connectivity index (χ0n) is 20.4. The molecule has 1 aliphatic rings. The van der Waals surface area contributed by atoms with E-state index in [9.17, 15) is 13.2 Å². The highest BCUT2D eigenvalue weighted by Gasteiger charge is 2.29. The van der Waals surface area contributed by atoms with Gasteiger partial charge in [0.25, 0.3) is 5.91 Å². The third kappa shape index (κ3) is 6.68. The first kappa shape index (κ1) is 26.4. The Bertz CT molecular complexity index is 1060. The summed E-state index contributed by atoms with van der Waals surface area (Å²) in [6.45, 7) is 7.97. The van der Waals surface area contributed by atoms with Crippen LogP contribution in [0.15, 0.2) is 29.8 Å². The number of fused-ring (bicyclic) bond motifs is 1. The van der Waals surface area contributed by atoms with Crippen molar-refractivity contribution < 1.29 is 22.7 Å². The smallest absolute Gasteiger partial charge is 0.257 e. The highest BCUT2D eigenvalue weighted by Crippen LogP contribution is 2.27. The van der Waals surface area contributed by atoms with Crippen LogP contribution in [0.2, 0.25) is 0 Å². The molecule has 1 aromatic carbocycles. The van der Waals surface area contributed by atoms with Gasteiger partial charge in [-0.1, -0.05) is 6.92 Å². The van der Waals surface area contributed by atoms with E-state index in [0.717, 1.165) is 11.6 Å². The van der Waals surface area contributed by atoms with Crippen molar-refractivity contribution in [2.24, 2.45) is 5.92 Å². The van der Waals surface area contributed by atoms with Crippen LogP contribution in [0.3, 0.4) is 0 Å². The number of likely N-dealkylation sites (N-methyl/N-ethyl adjacent to an activating group) is 1. The number of methoxy groups -OCH3 is 1. The molecule has 1 aliphatic heterocycles. The fourth-order valence-electron chi connectivity index (χ4n) is 3.89. The summed E-state index contributed by atoms with van der Waals surface area (Å²) < 4.78 is 38.5. The molecule has 1 N–H and O–H groups in total. The van der Waals surface area contributed by atoms with Crippen LogP contribution in [-0.4, -0.2) is 80.9 Å². The monoisotopic (exact) mass is 510 g/mol. The third-order valence-electron chi connectivity index (χ3n) is 6.05. The number of carbonyl (C=O) groups is 1. The van der Waals surface area contributed by atoms with Crippen molar-refractivity contribution >= 4 is 33.0 Å². The lowest BCUT2D eigenvalue weighted by molar-refractivity contribution is 0.00921.